The van der Waals surface area contributed by atoms with E-state index in [9.17, 15) is 22.0 Å². The smallest absolute Gasteiger partial charge is 0.200 e. The Labute approximate surface area is 163 Å². The van der Waals surface area contributed by atoms with E-state index in [1.165, 1.54) is 0 Å². The molecule has 6 heteroatoms. The van der Waals surface area contributed by atoms with E-state index in [0.717, 1.165) is 33.3 Å². The van der Waals surface area contributed by atoms with Crippen LogP contribution in [0.4, 0.5) is 22.0 Å². The first-order valence-electron chi connectivity index (χ1n) is 9.08. The van der Waals surface area contributed by atoms with Gasteiger partial charge >= 0.3 is 0 Å². The third kappa shape index (κ3) is 2.44. The molecule has 1 nitrogen and oxygen atoms in total. The molecule has 0 spiro atoms. The molecule has 0 saturated heterocycles. The highest BCUT2D eigenvalue weighted by molar-refractivity contribution is 5.95. The molecule has 1 aliphatic carbocycles. The molecule has 0 bridgehead atoms. The van der Waals surface area contributed by atoms with Gasteiger partial charge in [0.25, 0.3) is 0 Å². The number of aryl methyl sites for hydroxylation is 1. The molecular formula is C23H14F5N. The second-order valence-electron chi connectivity index (χ2n) is 7.32. The molecule has 1 aromatic heterocycles. The van der Waals surface area contributed by atoms with Gasteiger partial charge in [0, 0.05) is 28.5 Å². The van der Waals surface area contributed by atoms with Crippen molar-refractivity contribution in [3.63, 3.8) is 0 Å². The molecule has 0 saturated carbocycles. The maximum atomic E-state index is 14.4. The van der Waals surface area contributed by atoms with Gasteiger partial charge in [0.15, 0.2) is 23.3 Å². The predicted octanol–water partition coefficient (Wildman–Crippen LogP) is 6.26. The van der Waals surface area contributed by atoms with Crippen molar-refractivity contribution in [2.75, 3.05) is 0 Å². The number of halogens is 5. The fourth-order valence-electron chi connectivity index (χ4n) is 4.23. The van der Waals surface area contributed by atoms with E-state index in [1.54, 1.807) is 4.57 Å². The molecule has 0 amide bonds. The number of nitrogens with zero attached hydrogens (tertiary/aromatic N) is 1. The summed E-state index contributed by atoms with van der Waals surface area (Å²) in [7, 11) is 0. The van der Waals surface area contributed by atoms with Crippen molar-refractivity contribution in [2.24, 2.45) is 0 Å². The standard InChI is InChI=1S/C23H14F5N/c1-11-6-7-17-14(8-11)15-9-12-4-2-3-5-13(12)23(15)29(17)10-16-18(24)20(26)22(28)21(27)19(16)25/h2-8H,9-10H2,1H3. The molecule has 1 heterocycles. The number of hydrogen-bond acceptors (Lipinski definition) is 0. The van der Waals surface area contributed by atoms with Crippen LogP contribution in [-0.2, 0) is 13.0 Å². The zero-order valence-electron chi connectivity index (χ0n) is 15.3. The van der Waals surface area contributed by atoms with Gasteiger partial charge in [0.1, 0.15) is 0 Å². The van der Waals surface area contributed by atoms with Gasteiger partial charge in [-0.15, -0.1) is 0 Å². The lowest BCUT2D eigenvalue weighted by molar-refractivity contribution is 0.368. The van der Waals surface area contributed by atoms with Crippen LogP contribution in [0.2, 0.25) is 0 Å². The third-order valence-corrected chi connectivity index (χ3v) is 5.58. The van der Waals surface area contributed by atoms with E-state index in [-0.39, 0.29) is 0 Å². The normalized spacial score (nSPS) is 12.5. The Morgan fingerprint density at radius 2 is 1.48 bits per heavy atom. The highest BCUT2D eigenvalue weighted by Crippen LogP contribution is 2.43. The van der Waals surface area contributed by atoms with Gasteiger partial charge in [0.05, 0.1) is 12.2 Å². The van der Waals surface area contributed by atoms with Crippen LogP contribution >= 0.6 is 0 Å². The first-order chi connectivity index (χ1) is 13.9. The third-order valence-electron chi connectivity index (χ3n) is 5.58. The van der Waals surface area contributed by atoms with Crippen LogP contribution in [0, 0.1) is 36.0 Å². The largest absolute Gasteiger partial charge is 0.336 e. The molecular weight excluding hydrogens is 385 g/mol. The summed E-state index contributed by atoms with van der Waals surface area (Å²) < 4.78 is 71.3. The summed E-state index contributed by atoms with van der Waals surface area (Å²) in [5.41, 5.74) is 4.58. The summed E-state index contributed by atoms with van der Waals surface area (Å²) in [4.78, 5) is 0. The topological polar surface area (TPSA) is 4.93 Å². The van der Waals surface area contributed by atoms with Crippen LogP contribution in [0.25, 0.3) is 22.2 Å². The Morgan fingerprint density at radius 1 is 0.828 bits per heavy atom. The highest BCUT2D eigenvalue weighted by atomic mass is 19.2. The Bertz CT molecular complexity index is 1290. The lowest BCUT2D eigenvalue weighted by atomic mass is 10.1. The quantitative estimate of drug-likeness (QED) is 0.187. The average Bonchev–Trinajstić information content (AvgIpc) is 3.23. The number of benzene rings is 3. The zero-order valence-corrected chi connectivity index (χ0v) is 15.3. The van der Waals surface area contributed by atoms with Crippen LogP contribution in [0.3, 0.4) is 0 Å². The lowest BCUT2D eigenvalue weighted by Crippen LogP contribution is -2.11. The van der Waals surface area contributed by atoms with E-state index in [2.05, 4.69) is 0 Å². The van der Waals surface area contributed by atoms with Gasteiger partial charge in [-0.2, -0.15) is 0 Å². The molecule has 0 unspecified atom stereocenters. The molecule has 0 fully saturated rings. The number of hydrogen-bond donors (Lipinski definition) is 0. The summed E-state index contributed by atoms with van der Waals surface area (Å²) in [5, 5.41) is 0.917. The molecule has 0 atom stereocenters. The van der Waals surface area contributed by atoms with Crippen LogP contribution in [0.1, 0.15) is 22.3 Å². The maximum absolute atomic E-state index is 14.4. The minimum Gasteiger partial charge on any atom is -0.336 e. The first-order valence-corrected chi connectivity index (χ1v) is 9.08. The number of fused-ring (bicyclic) bond motifs is 5. The molecule has 0 aliphatic heterocycles. The Balaban J connectivity index is 1.81. The summed E-state index contributed by atoms with van der Waals surface area (Å²) in [6.07, 6.45) is 0.648. The molecule has 4 aromatic rings. The predicted molar refractivity (Wildman–Crippen MR) is 100 cm³/mol. The van der Waals surface area contributed by atoms with E-state index in [4.69, 9.17) is 0 Å². The maximum Gasteiger partial charge on any atom is 0.200 e. The molecule has 0 radical (unpaired) electrons. The summed E-state index contributed by atoms with van der Waals surface area (Å²) in [6, 6.07) is 13.3. The van der Waals surface area contributed by atoms with Crippen molar-refractivity contribution >= 4 is 10.9 Å². The molecule has 1 aliphatic rings. The van der Waals surface area contributed by atoms with Crippen LogP contribution in [0.5, 0.6) is 0 Å². The van der Waals surface area contributed by atoms with Gasteiger partial charge in [0.2, 0.25) is 5.82 Å². The van der Waals surface area contributed by atoms with Crippen molar-refractivity contribution in [3.8, 4) is 11.3 Å². The second kappa shape index (κ2) is 6.17. The molecule has 146 valence electrons. The van der Waals surface area contributed by atoms with E-state index in [0.29, 0.717) is 11.9 Å². The van der Waals surface area contributed by atoms with E-state index >= 15 is 0 Å². The van der Waals surface area contributed by atoms with Crippen molar-refractivity contribution in [2.45, 2.75) is 19.9 Å². The Hall–Kier alpha value is -3.15. The average molecular weight is 399 g/mol. The Kier molecular flexibility index (Phi) is 3.81. The van der Waals surface area contributed by atoms with Gasteiger partial charge in [-0.05, 0) is 30.2 Å². The van der Waals surface area contributed by atoms with Gasteiger partial charge in [-0.25, -0.2) is 22.0 Å². The van der Waals surface area contributed by atoms with Crippen molar-refractivity contribution in [1.82, 2.24) is 4.57 Å². The molecule has 5 rings (SSSR count). The summed E-state index contributed by atoms with van der Waals surface area (Å²) >= 11 is 0. The molecule has 0 N–H and O–H groups in total. The number of rotatable bonds is 2. The van der Waals surface area contributed by atoms with Crippen molar-refractivity contribution in [3.05, 3.63) is 93.8 Å². The fraction of sp³-hybridized carbons (Fsp3) is 0.130. The van der Waals surface area contributed by atoms with Gasteiger partial charge in [-0.1, -0.05) is 35.9 Å². The monoisotopic (exact) mass is 399 g/mol. The van der Waals surface area contributed by atoms with Crippen molar-refractivity contribution < 1.29 is 22.0 Å². The SMILES string of the molecule is Cc1ccc2c(c1)c1c(n2Cc2c(F)c(F)c(F)c(F)c2F)-c2ccccc2C1. The van der Waals surface area contributed by atoms with Crippen LogP contribution in [0.15, 0.2) is 42.5 Å². The van der Waals surface area contributed by atoms with Gasteiger partial charge in [-0.3, -0.25) is 0 Å². The van der Waals surface area contributed by atoms with Crippen LogP contribution < -0.4 is 0 Å². The minimum absolute atomic E-state index is 0.463. The fourth-order valence-corrected chi connectivity index (χ4v) is 4.23. The molecule has 29 heavy (non-hydrogen) atoms. The number of aromatic nitrogens is 1. The van der Waals surface area contributed by atoms with Gasteiger partial charge < -0.3 is 4.57 Å². The Morgan fingerprint density at radius 3 is 2.21 bits per heavy atom. The molecule has 3 aromatic carbocycles. The van der Waals surface area contributed by atoms with Crippen molar-refractivity contribution in [1.29, 1.82) is 0 Å². The van der Waals surface area contributed by atoms with E-state index < -0.39 is 41.2 Å². The van der Waals surface area contributed by atoms with E-state index in [1.807, 2.05) is 49.4 Å². The first kappa shape index (κ1) is 17.9. The zero-order chi connectivity index (χ0) is 20.4. The highest BCUT2D eigenvalue weighted by Gasteiger charge is 2.30. The minimum atomic E-state index is -2.15. The van der Waals surface area contributed by atoms with Crippen LogP contribution in [-0.4, -0.2) is 4.57 Å². The second-order valence-corrected chi connectivity index (χ2v) is 7.32. The summed E-state index contributed by atoms with van der Waals surface area (Å²) in [5.74, 6) is -9.59. The lowest BCUT2D eigenvalue weighted by Gasteiger charge is -2.14. The summed E-state index contributed by atoms with van der Waals surface area (Å²) in [6.45, 7) is 1.48.